The van der Waals surface area contributed by atoms with Crippen LogP contribution in [0.3, 0.4) is 0 Å². The van der Waals surface area contributed by atoms with E-state index in [2.05, 4.69) is 12.1 Å². The summed E-state index contributed by atoms with van der Waals surface area (Å²) in [5.74, 6) is 0.684. The van der Waals surface area contributed by atoms with Gasteiger partial charge in [0.1, 0.15) is 5.75 Å². The fourth-order valence-electron chi connectivity index (χ4n) is 1.51. The van der Waals surface area contributed by atoms with E-state index in [0.717, 1.165) is 10.3 Å². The molecule has 0 saturated heterocycles. The number of hydrogen-bond donors (Lipinski definition) is 1. The average molecular weight is 217 g/mol. The largest absolute Gasteiger partial charge is 0.569 e. The fraction of sp³-hybridized carbons (Fsp3) is 0.0909. The first kappa shape index (κ1) is 10.4. The van der Waals surface area contributed by atoms with Crippen LogP contribution in [0.2, 0.25) is 0 Å². The van der Waals surface area contributed by atoms with Gasteiger partial charge in [0.25, 0.3) is 0 Å². The molecule has 1 radical (unpaired) electrons. The number of hydrogen-bond acceptors (Lipinski definition) is 3. The summed E-state index contributed by atoms with van der Waals surface area (Å²) < 4.78 is 5.05. The zero-order chi connectivity index (χ0) is 10.7. The van der Waals surface area contributed by atoms with Crippen molar-refractivity contribution in [1.82, 2.24) is 0 Å². The highest BCUT2D eigenvalue weighted by atomic mass is 32.2. The molecule has 0 aliphatic rings. The Balaban J connectivity index is 2.58. The predicted molar refractivity (Wildman–Crippen MR) is 64.3 cm³/mol. The third kappa shape index (κ3) is 2.11. The minimum atomic E-state index is 0.684. The van der Waals surface area contributed by atoms with Gasteiger partial charge in [-0.15, -0.1) is 11.8 Å². The topological polar surface area (TPSA) is 29.5 Å². The van der Waals surface area contributed by atoms with E-state index < -0.39 is 0 Å². The molecule has 0 spiro atoms. The maximum Gasteiger partial charge on any atom is 0.569 e. The van der Waals surface area contributed by atoms with Gasteiger partial charge < -0.3 is 9.68 Å². The molecule has 0 atom stereocenters. The zero-order valence-electron chi connectivity index (χ0n) is 8.31. The highest BCUT2D eigenvalue weighted by Crippen LogP contribution is 2.32. The lowest BCUT2D eigenvalue weighted by atomic mass is 10.1. The maximum absolute atomic E-state index is 8.66. The molecule has 2 rings (SSSR count). The number of thioether (sulfide) groups is 1. The van der Waals surface area contributed by atoms with Gasteiger partial charge in [0.15, 0.2) is 0 Å². The van der Waals surface area contributed by atoms with Gasteiger partial charge in [0.05, 0.1) is 0 Å². The lowest BCUT2D eigenvalue weighted by molar-refractivity contribution is 0.448. The molecule has 0 saturated carbocycles. The first-order chi connectivity index (χ1) is 7.35. The number of benzene rings is 2. The maximum atomic E-state index is 8.66. The van der Waals surface area contributed by atoms with Gasteiger partial charge in [-0.3, -0.25) is 0 Å². The van der Waals surface area contributed by atoms with Crippen molar-refractivity contribution in [2.24, 2.45) is 0 Å². The Hall–Kier alpha value is -1.13. The van der Waals surface area contributed by atoms with E-state index >= 15 is 0 Å². The van der Waals surface area contributed by atoms with Crippen molar-refractivity contribution in [2.45, 2.75) is 4.90 Å². The van der Waals surface area contributed by atoms with E-state index in [9.17, 15) is 0 Å². The van der Waals surface area contributed by atoms with Crippen LogP contribution in [0.4, 0.5) is 0 Å². The van der Waals surface area contributed by atoms with Gasteiger partial charge in [0.2, 0.25) is 0 Å². The molecule has 0 bridgehead atoms. The molecule has 0 aromatic heterocycles. The third-order valence-electron chi connectivity index (χ3n) is 2.21. The van der Waals surface area contributed by atoms with E-state index in [-0.39, 0.29) is 0 Å². The first-order valence-electron chi connectivity index (χ1n) is 4.54. The van der Waals surface area contributed by atoms with E-state index in [1.54, 1.807) is 11.8 Å². The summed E-state index contributed by atoms with van der Waals surface area (Å²) in [5, 5.41) is 10.9. The second-order valence-corrected chi connectivity index (χ2v) is 3.92. The number of rotatable bonds is 3. The van der Waals surface area contributed by atoms with Crippen LogP contribution in [0.25, 0.3) is 10.8 Å². The summed E-state index contributed by atoms with van der Waals surface area (Å²) in [6, 6.07) is 12.0. The highest BCUT2D eigenvalue weighted by Gasteiger charge is 2.05. The molecule has 2 aromatic rings. The minimum absolute atomic E-state index is 0.684. The van der Waals surface area contributed by atoms with Crippen molar-refractivity contribution in [2.75, 3.05) is 6.26 Å². The van der Waals surface area contributed by atoms with Crippen LogP contribution in [0.1, 0.15) is 0 Å². The Morgan fingerprint density at radius 2 is 1.87 bits per heavy atom. The smallest absolute Gasteiger partial charge is 0.537 e. The summed E-state index contributed by atoms with van der Waals surface area (Å²) in [7, 11) is 0.712. The molecule has 0 amide bonds. The van der Waals surface area contributed by atoms with Crippen LogP contribution in [0, 0.1) is 0 Å². The molecule has 0 fully saturated rings. The van der Waals surface area contributed by atoms with E-state index in [0.29, 0.717) is 13.4 Å². The van der Waals surface area contributed by atoms with Crippen LogP contribution in [-0.2, 0) is 0 Å². The first-order valence-corrected chi connectivity index (χ1v) is 5.77. The Morgan fingerprint density at radius 3 is 2.47 bits per heavy atom. The van der Waals surface area contributed by atoms with Crippen LogP contribution in [0.15, 0.2) is 41.3 Å². The van der Waals surface area contributed by atoms with Crippen molar-refractivity contribution in [1.29, 1.82) is 0 Å². The molecule has 4 heteroatoms. The SMILES string of the molecule is CSc1cc2ccccc2cc1O[B]O. The third-order valence-corrected chi connectivity index (χ3v) is 2.97. The van der Waals surface area contributed by atoms with Crippen LogP contribution < -0.4 is 4.65 Å². The molecule has 0 unspecified atom stereocenters. The fourth-order valence-corrected chi connectivity index (χ4v) is 2.06. The summed E-state index contributed by atoms with van der Waals surface area (Å²) in [6.45, 7) is 0. The van der Waals surface area contributed by atoms with E-state index in [4.69, 9.17) is 9.68 Å². The standard InChI is InChI=1S/C11H10BO2S/c1-15-11-7-9-5-3-2-4-8(9)6-10(11)14-12-13/h2-7,13H,1H3. The second-order valence-electron chi connectivity index (χ2n) is 3.07. The molecular weight excluding hydrogens is 207 g/mol. The predicted octanol–water partition coefficient (Wildman–Crippen LogP) is 2.47. The van der Waals surface area contributed by atoms with Crippen LogP contribution in [0.5, 0.6) is 5.75 Å². The van der Waals surface area contributed by atoms with Crippen LogP contribution >= 0.6 is 11.8 Å². The molecule has 0 aliphatic heterocycles. The molecule has 0 aliphatic carbocycles. The van der Waals surface area contributed by atoms with Gasteiger partial charge in [-0.2, -0.15) is 0 Å². The lowest BCUT2D eigenvalue weighted by Gasteiger charge is -2.09. The quantitative estimate of drug-likeness (QED) is 0.632. The molecule has 0 heterocycles. The zero-order valence-corrected chi connectivity index (χ0v) is 9.12. The van der Waals surface area contributed by atoms with Gasteiger partial charge in [-0.25, -0.2) is 0 Å². The summed E-state index contributed by atoms with van der Waals surface area (Å²) >= 11 is 1.59. The molecule has 2 aromatic carbocycles. The van der Waals surface area contributed by atoms with Gasteiger partial charge >= 0.3 is 7.69 Å². The molecule has 75 valence electrons. The summed E-state index contributed by atoms with van der Waals surface area (Å²) in [5.41, 5.74) is 0. The normalized spacial score (nSPS) is 10.3. The summed E-state index contributed by atoms with van der Waals surface area (Å²) in [6.07, 6.45) is 1.98. The molecule has 2 nitrogen and oxygen atoms in total. The van der Waals surface area contributed by atoms with Gasteiger partial charge in [-0.1, -0.05) is 24.3 Å². The van der Waals surface area contributed by atoms with E-state index in [1.165, 1.54) is 5.39 Å². The Labute approximate surface area is 93.6 Å². The minimum Gasteiger partial charge on any atom is -0.537 e. The lowest BCUT2D eigenvalue weighted by Crippen LogP contribution is -2.00. The van der Waals surface area contributed by atoms with Crippen molar-refractivity contribution >= 4 is 30.2 Å². The van der Waals surface area contributed by atoms with Gasteiger partial charge in [-0.05, 0) is 29.2 Å². The van der Waals surface area contributed by atoms with Crippen molar-refractivity contribution in [3.63, 3.8) is 0 Å². The highest BCUT2D eigenvalue weighted by molar-refractivity contribution is 7.98. The van der Waals surface area contributed by atoms with Crippen LogP contribution in [-0.4, -0.2) is 19.0 Å². The average Bonchev–Trinajstić information content (AvgIpc) is 2.28. The van der Waals surface area contributed by atoms with Crippen molar-refractivity contribution < 1.29 is 9.68 Å². The molecular formula is C11H10BO2S. The molecule has 1 N–H and O–H groups in total. The summed E-state index contributed by atoms with van der Waals surface area (Å²) in [4.78, 5) is 1.01. The molecule has 15 heavy (non-hydrogen) atoms. The Kier molecular flexibility index (Phi) is 3.19. The second kappa shape index (κ2) is 4.60. The van der Waals surface area contributed by atoms with Gasteiger partial charge in [0, 0.05) is 4.90 Å². The van der Waals surface area contributed by atoms with Crippen molar-refractivity contribution in [3.8, 4) is 5.75 Å². The Bertz CT molecular complexity index is 473. The van der Waals surface area contributed by atoms with Crippen molar-refractivity contribution in [3.05, 3.63) is 36.4 Å². The monoisotopic (exact) mass is 217 g/mol. The Morgan fingerprint density at radius 1 is 1.20 bits per heavy atom. The van der Waals surface area contributed by atoms with E-state index in [1.807, 2.05) is 30.5 Å². The number of fused-ring (bicyclic) bond motifs is 1.